The summed E-state index contributed by atoms with van der Waals surface area (Å²) < 4.78 is 0. The second-order valence-electron chi connectivity index (χ2n) is 4.93. The fraction of sp³-hybridized carbons (Fsp3) is 0.118. The van der Waals surface area contributed by atoms with Crippen LogP contribution in [0.4, 0.5) is 11.8 Å². The Kier molecular flexibility index (Phi) is 4.68. The van der Waals surface area contributed by atoms with Gasteiger partial charge in [0.15, 0.2) is 0 Å². The van der Waals surface area contributed by atoms with Crippen molar-refractivity contribution in [3.8, 4) is 11.3 Å². The molecule has 0 radical (unpaired) electrons. The Morgan fingerprint density at radius 3 is 2.43 bits per heavy atom. The van der Waals surface area contributed by atoms with Crippen LogP contribution in [0.15, 0.2) is 54.9 Å². The van der Waals surface area contributed by atoms with E-state index in [0.717, 1.165) is 27.7 Å². The van der Waals surface area contributed by atoms with Crippen molar-refractivity contribution in [1.29, 1.82) is 0 Å². The molecule has 0 saturated heterocycles. The minimum atomic E-state index is 0.568. The number of aromatic nitrogens is 3. The maximum absolute atomic E-state index is 5.90. The van der Waals surface area contributed by atoms with Crippen molar-refractivity contribution in [2.24, 2.45) is 0 Å². The average molecular weight is 326 g/mol. The number of rotatable bonds is 5. The van der Waals surface area contributed by atoms with Crippen LogP contribution in [0.5, 0.6) is 0 Å². The van der Waals surface area contributed by atoms with Gasteiger partial charge >= 0.3 is 0 Å². The zero-order chi connectivity index (χ0) is 16.1. The lowest BCUT2D eigenvalue weighted by Gasteiger charge is -2.10. The zero-order valence-electron chi connectivity index (χ0n) is 12.6. The Hall–Kier alpha value is -2.66. The van der Waals surface area contributed by atoms with Crippen molar-refractivity contribution in [2.75, 3.05) is 17.7 Å². The van der Waals surface area contributed by atoms with Crippen molar-refractivity contribution in [2.45, 2.75) is 6.54 Å². The summed E-state index contributed by atoms with van der Waals surface area (Å²) in [6.07, 6.45) is 3.49. The molecule has 0 aliphatic rings. The maximum Gasteiger partial charge on any atom is 0.224 e. The molecule has 2 aromatic heterocycles. The predicted octanol–water partition coefficient (Wildman–Crippen LogP) is 3.85. The van der Waals surface area contributed by atoms with E-state index in [9.17, 15) is 0 Å². The van der Waals surface area contributed by atoms with Crippen LogP contribution in [0.3, 0.4) is 0 Å². The molecule has 3 rings (SSSR count). The second-order valence-corrected chi connectivity index (χ2v) is 5.36. The lowest BCUT2D eigenvalue weighted by atomic mass is 10.2. The van der Waals surface area contributed by atoms with Crippen molar-refractivity contribution in [3.63, 3.8) is 0 Å². The first-order valence-electron chi connectivity index (χ1n) is 7.20. The SMILES string of the molecule is CNc1nc(NCc2ccc(Cl)cc2)cc(-c2ccncc2)n1. The average Bonchev–Trinajstić information content (AvgIpc) is 2.61. The quantitative estimate of drug-likeness (QED) is 0.746. The molecule has 6 heteroatoms. The van der Waals surface area contributed by atoms with Crippen LogP contribution in [0.25, 0.3) is 11.3 Å². The highest BCUT2D eigenvalue weighted by Crippen LogP contribution is 2.21. The van der Waals surface area contributed by atoms with Gasteiger partial charge in [-0.15, -0.1) is 0 Å². The Morgan fingerprint density at radius 2 is 1.74 bits per heavy atom. The highest BCUT2D eigenvalue weighted by Gasteiger charge is 2.06. The van der Waals surface area contributed by atoms with Gasteiger partial charge in [-0.25, -0.2) is 4.98 Å². The number of hydrogen-bond donors (Lipinski definition) is 2. The predicted molar refractivity (Wildman–Crippen MR) is 93.6 cm³/mol. The molecule has 0 amide bonds. The minimum Gasteiger partial charge on any atom is -0.366 e. The third-order valence-electron chi connectivity index (χ3n) is 3.31. The Bertz CT molecular complexity index is 775. The molecule has 3 aromatic rings. The first-order valence-corrected chi connectivity index (χ1v) is 7.58. The van der Waals surface area contributed by atoms with Crippen molar-refractivity contribution in [3.05, 3.63) is 65.4 Å². The highest BCUT2D eigenvalue weighted by atomic mass is 35.5. The standard InChI is InChI=1S/C17H16ClN5/c1-19-17-22-15(13-6-8-20-9-7-13)10-16(23-17)21-11-12-2-4-14(18)5-3-12/h2-10H,11H2,1H3,(H2,19,21,22,23). The number of pyridine rings is 1. The summed E-state index contributed by atoms with van der Waals surface area (Å²) in [6.45, 7) is 0.660. The Balaban J connectivity index is 1.82. The van der Waals surface area contributed by atoms with E-state index in [1.807, 2.05) is 42.5 Å². The number of hydrogen-bond acceptors (Lipinski definition) is 5. The molecule has 0 aliphatic carbocycles. The van der Waals surface area contributed by atoms with E-state index in [1.54, 1.807) is 19.4 Å². The van der Waals surface area contributed by atoms with Gasteiger partial charge in [0, 0.05) is 42.6 Å². The molecule has 23 heavy (non-hydrogen) atoms. The molecule has 0 saturated carbocycles. The number of anilines is 2. The van der Waals surface area contributed by atoms with Crippen LogP contribution < -0.4 is 10.6 Å². The van der Waals surface area contributed by atoms with Crippen LogP contribution in [-0.4, -0.2) is 22.0 Å². The van der Waals surface area contributed by atoms with Gasteiger partial charge in [0.2, 0.25) is 5.95 Å². The normalized spacial score (nSPS) is 10.3. The van der Waals surface area contributed by atoms with E-state index in [4.69, 9.17) is 11.6 Å². The second kappa shape index (κ2) is 7.07. The zero-order valence-corrected chi connectivity index (χ0v) is 13.4. The van der Waals surface area contributed by atoms with Crippen LogP contribution in [0, 0.1) is 0 Å². The molecule has 0 unspecified atom stereocenters. The first kappa shape index (κ1) is 15.2. The molecule has 0 fully saturated rings. The van der Waals surface area contributed by atoms with Gasteiger partial charge in [0.25, 0.3) is 0 Å². The number of nitrogens with one attached hydrogen (secondary N) is 2. The molecule has 5 nitrogen and oxygen atoms in total. The summed E-state index contributed by atoms with van der Waals surface area (Å²) in [6, 6.07) is 13.5. The number of benzene rings is 1. The van der Waals surface area contributed by atoms with Crippen LogP contribution >= 0.6 is 11.6 Å². The van der Waals surface area contributed by atoms with E-state index < -0.39 is 0 Å². The lowest BCUT2D eigenvalue weighted by Crippen LogP contribution is -2.05. The molecular formula is C17H16ClN5. The van der Waals surface area contributed by atoms with Crippen molar-refractivity contribution in [1.82, 2.24) is 15.0 Å². The van der Waals surface area contributed by atoms with Crippen molar-refractivity contribution < 1.29 is 0 Å². The molecule has 0 atom stereocenters. The van der Waals surface area contributed by atoms with Gasteiger partial charge in [0.05, 0.1) is 5.69 Å². The Labute approximate surface area is 139 Å². The molecule has 116 valence electrons. The number of nitrogens with zero attached hydrogens (tertiary/aromatic N) is 3. The Morgan fingerprint density at radius 1 is 1.00 bits per heavy atom. The van der Waals surface area contributed by atoms with E-state index >= 15 is 0 Å². The molecule has 0 bridgehead atoms. The van der Waals surface area contributed by atoms with Gasteiger partial charge in [0.1, 0.15) is 5.82 Å². The van der Waals surface area contributed by atoms with Gasteiger partial charge in [-0.1, -0.05) is 23.7 Å². The summed E-state index contributed by atoms with van der Waals surface area (Å²) in [5.41, 5.74) is 2.96. The summed E-state index contributed by atoms with van der Waals surface area (Å²) in [4.78, 5) is 12.9. The van der Waals surface area contributed by atoms with Gasteiger partial charge in [-0.2, -0.15) is 4.98 Å². The smallest absolute Gasteiger partial charge is 0.224 e. The largest absolute Gasteiger partial charge is 0.366 e. The van der Waals surface area contributed by atoms with Crippen molar-refractivity contribution >= 4 is 23.4 Å². The van der Waals surface area contributed by atoms with E-state index in [1.165, 1.54) is 0 Å². The molecule has 0 aliphatic heterocycles. The summed E-state index contributed by atoms with van der Waals surface area (Å²) in [5.74, 6) is 1.32. The molecular weight excluding hydrogens is 310 g/mol. The van der Waals surface area contributed by atoms with Crippen LogP contribution in [0.1, 0.15) is 5.56 Å². The first-order chi connectivity index (χ1) is 11.2. The summed E-state index contributed by atoms with van der Waals surface area (Å²) in [7, 11) is 1.80. The monoisotopic (exact) mass is 325 g/mol. The fourth-order valence-corrected chi connectivity index (χ4v) is 2.24. The third-order valence-corrected chi connectivity index (χ3v) is 3.56. The van der Waals surface area contributed by atoms with Crippen LogP contribution in [-0.2, 0) is 6.54 Å². The van der Waals surface area contributed by atoms with Crippen LogP contribution in [0.2, 0.25) is 5.02 Å². The summed E-state index contributed by atoms with van der Waals surface area (Å²) in [5, 5.41) is 7.03. The lowest BCUT2D eigenvalue weighted by molar-refractivity contribution is 1.08. The molecule has 2 heterocycles. The van der Waals surface area contributed by atoms with Gasteiger partial charge < -0.3 is 10.6 Å². The minimum absolute atomic E-state index is 0.568. The van der Waals surface area contributed by atoms with E-state index in [0.29, 0.717) is 12.5 Å². The third kappa shape index (κ3) is 3.96. The summed E-state index contributed by atoms with van der Waals surface area (Å²) >= 11 is 5.90. The molecule has 2 N–H and O–H groups in total. The maximum atomic E-state index is 5.90. The molecule has 0 spiro atoms. The number of halogens is 1. The topological polar surface area (TPSA) is 62.7 Å². The van der Waals surface area contributed by atoms with E-state index in [2.05, 4.69) is 25.6 Å². The molecule has 1 aromatic carbocycles. The van der Waals surface area contributed by atoms with Gasteiger partial charge in [-0.3, -0.25) is 4.98 Å². The highest BCUT2D eigenvalue weighted by molar-refractivity contribution is 6.30. The fourth-order valence-electron chi connectivity index (χ4n) is 2.12. The van der Waals surface area contributed by atoms with E-state index in [-0.39, 0.29) is 0 Å². The van der Waals surface area contributed by atoms with Gasteiger partial charge in [-0.05, 0) is 29.8 Å².